The summed E-state index contributed by atoms with van der Waals surface area (Å²) in [4.78, 5) is 12.5. The fourth-order valence-corrected chi connectivity index (χ4v) is 4.99. The Hall–Kier alpha value is -1.35. The van der Waals surface area contributed by atoms with Gasteiger partial charge < -0.3 is 10.4 Å². The van der Waals surface area contributed by atoms with Gasteiger partial charge in [-0.1, -0.05) is 163 Å². The van der Waals surface area contributed by atoms with E-state index in [1.807, 2.05) is 0 Å². The van der Waals surface area contributed by atoms with Crippen LogP contribution < -0.4 is 5.32 Å². The molecule has 0 spiro atoms. The van der Waals surface area contributed by atoms with E-state index < -0.39 is 6.10 Å². The lowest BCUT2D eigenvalue weighted by Gasteiger charge is -2.26. The van der Waals surface area contributed by atoms with Crippen LogP contribution in [0, 0.1) is 0 Å². The van der Waals surface area contributed by atoms with Crippen molar-refractivity contribution in [2.45, 2.75) is 175 Å². The first kappa shape index (κ1) is 34.7. The van der Waals surface area contributed by atoms with Gasteiger partial charge in [0.25, 0.3) is 0 Å². The van der Waals surface area contributed by atoms with Crippen LogP contribution in [0.1, 0.15) is 168 Å². The molecule has 2 N–H and O–H groups in total. The van der Waals surface area contributed by atoms with Crippen molar-refractivity contribution in [3.05, 3.63) is 34.9 Å². The second-order valence-electron chi connectivity index (χ2n) is 13.7. The number of unbranched alkanes of at least 4 members (excludes halogenated alkanes) is 15. The molecule has 38 heavy (non-hydrogen) atoms. The van der Waals surface area contributed by atoms with Gasteiger partial charge in [0.2, 0.25) is 5.91 Å². The molecule has 3 nitrogen and oxygen atoms in total. The number of carbonyl (C=O) groups is 1. The average molecular weight is 530 g/mol. The minimum atomic E-state index is -1.00. The van der Waals surface area contributed by atoms with Gasteiger partial charge in [-0.2, -0.15) is 0 Å². The molecule has 1 unspecified atom stereocenters. The lowest BCUT2D eigenvalue weighted by Crippen LogP contribution is -2.36. The zero-order valence-corrected chi connectivity index (χ0v) is 26.4. The third kappa shape index (κ3) is 15.9. The van der Waals surface area contributed by atoms with Crippen LogP contribution in [0.5, 0.6) is 0 Å². The zero-order chi connectivity index (χ0) is 28.4. The maximum absolute atomic E-state index is 12.5. The number of amides is 1. The quantitative estimate of drug-likeness (QED) is 0.165. The molecule has 1 atom stereocenters. The summed E-state index contributed by atoms with van der Waals surface area (Å²) < 4.78 is 0. The van der Waals surface area contributed by atoms with Crippen molar-refractivity contribution in [3.8, 4) is 0 Å². The summed E-state index contributed by atoms with van der Waals surface area (Å²) in [6.07, 6.45) is 20.9. The second kappa shape index (κ2) is 18.9. The predicted octanol–water partition coefficient (Wildman–Crippen LogP) is 9.56. The van der Waals surface area contributed by atoms with Crippen molar-refractivity contribution in [2.75, 3.05) is 6.54 Å². The van der Waals surface area contributed by atoms with Gasteiger partial charge in [0.05, 0.1) is 0 Å². The first-order valence-corrected chi connectivity index (χ1v) is 16.1. The van der Waals surface area contributed by atoms with E-state index in [1.54, 1.807) is 0 Å². The summed E-state index contributed by atoms with van der Waals surface area (Å²) >= 11 is 0. The highest BCUT2D eigenvalue weighted by molar-refractivity contribution is 5.80. The van der Waals surface area contributed by atoms with Gasteiger partial charge >= 0.3 is 0 Å². The third-order valence-electron chi connectivity index (χ3n) is 7.79. The normalized spacial score (nSPS) is 13.1. The van der Waals surface area contributed by atoms with E-state index in [0.717, 1.165) is 18.4 Å². The van der Waals surface area contributed by atoms with Crippen LogP contribution in [0.3, 0.4) is 0 Å². The van der Waals surface area contributed by atoms with Gasteiger partial charge in [0.1, 0.15) is 6.10 Å². The van der Waals surface area contributed by atoms with Crippen molar-refractivity contribution in [1.82, 2.24) is 5.32 Å². The van der Waals surface area contributed by atoms with Crippen molar-refractivity contribution >= 4 is 5.91 Å². The number of hydrogen-bond acceptors (Lipinski definition) is 2. The molecule has 1 aromatic rings. The molecule has 0 radical (unpaired) electrons. The minimum Gasteiger partial charge on any atom is -0.383 e. The highest BCUT2D eigenvalue weighted by Crippen LogP contribution is 2.30. The van der Waals surface area contributed by atoms with E-state index in [4.69, 9.17) is 0 Å². The van der Waals surface area contributed by atoms with Crippen LogP contribution in [-0.2, 0) is 22.0 Å². The minimum absolute atomic E-state index is 0.0243. The van der Waals surface area contributed by atoms with Crippen LogP contribution in [0.4, 0.5) is 0 Å². The highest BCUT2D eigenvalue weighted by atomic mass is 16.3. The van der Waals surface area contributed by atoms with Gasteiger partial charge in [-0.15, -0.1) is 0 Å². The van der Waals surface area contributed by atoms with Crippen molar-refractivity contribution in [2.24, 2.45) is 0 Å². The molecule has 0 aliphatic heterocycles. The Morgan fingerprint density at radius 3 is 1.39 bits per heavy atom. The molecule has 1 aromatic carbocycles. The second-order valence-corrected chi connectivity index (χ2v) is 13.7. The fraction of sp³-hybridized carbons (Fsp3) is 0.800. The van der Waals surface area contributed by atoms with Crippen LogP contribution in [0.25, 0.3) is 0 Å². The van der Waals surface area contributed by atoms with Gasteiger partial charge in [0, 0.05) is 13.0 Å². The molecule has 3 heteroatoms. The van der Waals surface area contributed by atoms with Crippen LogP contribution in [0.15, 0.2) is 18.2 Å². The Bertz CT molecular complexity index is 724. The number of nitrogens with one attached hydrogen (secondary N) is 1. The molecule has 0 aliphatic carbocycles. The van der Waals surface area contributed by atoms with Gasteiger partial charge in [0.15, 0.2) is 0 Å². The third-order valence-corrected chi connectivity index (χ3v) is 7.79. The van der Waals surface area contributed by atoms with E-state index in [1.165, 1.54) is 101 Å². The number of hydrogen-bond donors (Lipinski definition) is 2. The monoisotopic (exact) mass is 529 g/mol. The molecule has 220 valence electrons. The Morgan fingerprint density at radius 2 is 1.03 bits per heavy atom. The van der Waals surface area contributed by atoms with E-state index in [-0.39, 0.29) is 16.7 Å². The summed E-state index contributed by atoms with van der Waals surface area (Å²) in [5.41, 5.74) is 3.58. The largest absolute Gasteiger partial charge is 0.383 e. The van der Waals surface area contributed by atoms with Gasteiger partial charge in [-0.05, 0) is 33.9 Å². The van der Waals surface area contributed by atoms with Crippen molar-refractivity contribution < 1.29 is 9.90 Å². The highest BCUT2D eigenvalue weighted by Gasteiger charge is 2.22. The zero-order valence-electron chi connectivity index (χ0n) is 26.4. The molecule has 0 aliphatic rings. The van der Waals surface area contributed by atoms with E-state index in [9.17, 15) is 9.90 Å². The number of carbonyl (C=O) groups excluding carboxylic acids is 1. The summed E-state index contributed by atoms with van der Waals surface area (Å²) in [6, 6.07) is 6.58. The van der Waals surface area contributed by atoms with Crippen molar-refractivity contribution in [3.63, 3.8) is 0 Å². The van der Waals surface area contributed by atoms with Crippen LogP contribution in [0.2, 0.25) is 0 Å². The molecule has 1 amide bonds. The predicted molar refractivity (Wildman–Crippen MR) is 166 cm³/mol. The Balaban J connectivity index is 2.15. The number of aliphatic hydroxyl groups is 1. The molecule has 1 rings (SSSR count). The van der Waals surface area contributed by atoms with E-state index >= 15 is 0 Å². The average Bonchev–Trinajstić information content (AvgIpc) is 2.84. The molecule has 0 saturated carbocycles. The number of aliphatic hydroxyl groups excluding tert-OH is 1. The summed E-state index contributed by atoms with van der Waals surface area (Å²) in [7, 11) is 0. The SMILES string of the molecule is CCCCCCCCCCCCCCCCCCNC(=O)C(O)Cc1cc(C(C)(C)C)cc(C(C)(C)C)c1. The first-order valence-electron chi connectivity index (χ1n) is 16.1. The number of benzene rings is 1. The summed E-state index contributed by atoms with van der Waals surface area (Å²) in [5.74, 6) is -0.246. The molecular formula is C35H63NO2. The Labute approximate surface area is 237 Å². The Morgan fingerprint density at radius 1 is 0.658 bits per heavy atom. The fourth-order valence-electron chi connectivity index (χ4n) is 4.99. The maximum atomic E-state index is 12.5. The molecule has 0 saturated heterocycles. The van der Waals surface area contributed by atoms with Crippen molar-refractivity contribution in [1.29, 1.82) is 0 Å². The molecule has 0 bridgehead atoms. The first-order chi connectivity index (χ1) is 17.9. The molecule has 0 fully saturated rings. The van der Waals surface area contributed by atoms with E-state index in [0.29, 0.717) is 13.0 Å². The lowest BCUT2D eigenvalue weighted by molar-refractivity contribution is -0.129. The Kier molecular flexibility index (Phi) is 17.2. The maximum Gasteiger partial charge on any atom is 0.249 e. The molecule has 0 heterocycles. The summed E-state index contributed by atoms with van der Waals surface area (Å²) in [6.45, 7) is 16.2. The van der Waals surface area contributed by atoms with Gasteiger partial charge in [-0.3, -0.25) is 4.79 Å². The smallest absolute Gasteiger partial charge is 0.249 e. The topological polar surface area (TPSA) is 49.3 Å². The lowest BCUT2D eigenvalue weighted by atomic mass is 9.79. The standard InChI is InChI=1S/C35H63NO2/c1-8-9-10-11-12-13-14-15-16-17-18-19-20-21-22-23-24-36-33(38)32(37)27-29-25-30(34(2,3)4)28-31(26-29)35(5,6)7/h25-26,28,32,37H,8-24,27H2,1-7H3,(H,36,38). The molecule has 0 aromatic heterocycles. The van der Waals surface area contributed by atoms with Crippen LogP contribution >= 0.6 is 0 Å². The number of rotatable bonds is 20. The van der Waals surface area contributed by atoms with Crippen LogP contribution in [-0.4, -0.2) is 23.7 Å². The van der Waals surface area contributed by atoms with E-state index in [2.05, 4.69) is 72.0 Å². The van der Waals surface area contributed by atoms with Gasteiger partial charge in [-0.25, -0.2) is 0 Å². The summed E-state index contributed by atoms with van der Waals surface area (Å²) in [5, 5.41) is 13.5. The molecular weight excluding hydrogens is 466 g/mol.